The maximum Gasteiger partial charge on any atom is 0.307 e. The van der Waals surface area contributed by atoms with Crippen molar-refractivity contribution in [1.29, 1.82) is 5.26 Å². The minimum atomic E-state index is -0.903. The van der Waals surface area contributed by atoms with Crippen molar-refractivity contribution in [2.24, 2.45) is 0 Å². The topological polar surface area (TPSA) is 86.9 Å². The van der Waals surface area contributed by atoms with Crippen molar-refractivity contribution in [3.05, 3.63) is 58.1 Å². The number of aliphatic carboxylic acids is 1. The van der Waals surface area contributed by atoms with Crippen LogP contribution in [-0.4, -0.2) is 21.0 Å². The van der Waals surface area contributed by atoms with Crippen molar-refractivity contribution in [2.45, 2.75) is 12.8 Å². The van der Waals surface area contributed by atoms with E-state index in [1.165, 1.54) is 6.20 Å². The molecule has 108 valence electrons. The number of nitriles is 1. The first-order chi connectivity index (χ1) is 10.0. The Hall–Kier alpha value is -2.16. The van der Waals surface area contributed by atoms with Crippen LogP contribution in [0.4, 0.5) is 0 Å². The highest BCUT2D eigenvalue weighted by Gasteiger charge is 2.04. The van der Waals surface area contributed by atoms with Gasteiger partial charge < -0.3 is 5.11 Å². The Kier molecular flexibility index (Phi) is 7.16. The van der Waals surface area contributed by atoms with E-state index >= 15 is 0 Å². The van der Waals surface area contributed by atoms with Crippen LogP contribution in [0.1, 0.15) is 11.1 Å². The Balaban J connectivity index is 0.000000211. The SMILES string of the molecule is N#CCc1cccnc1Cl.O=C(O)Cc1cccnc1Cl. The molecule has 2 aromatic heterocycles. The lowest BCUT2D eigenvalue weighted by molar-refractivity contribution is -0.136. The predicted molar refractivity (Wildman–Crippen MR) is 79.2 cm³/mol. The van der Waals surface area contributed by atoms with Gasteiger partial charge in [-0.2, -0.15) is 5.26 Å². The molecule has 2 aromatic rings. The molecular weight excluding hydrogens is 313 g/mol. The van der Waals surface area contributed by atoms with E-state index in [-0.39, 0.29) is 11.6 Å². The van der Waals surface area contributed by atoms with E-state index in [9.17, 15) is 4.79 Å². The van der Waals surface area contributed by atoms with Gasteiger partial charge in [0.1, 0.15) is 10.3 Å². The molecule has 0 fully saturated rings. The Labute approximate surface area is 131 Å². The summed E-state index contributed by atoms with van der Waals surface area (Å²) in [7, 11) is 0. The van der Waals surface area contributed by atoms with E-state index in [1.54, 1.807) is 30.5 Å². The first-order valence-electron chi connectivity index (χ1n) is 5.82. The second-order valence-corrected chi connectivity index (χ2v) is 4.53. The number of carbonyl (C=O) groups is 1. The normalized spacial score (nSPS) is 9.19. The minimum absolute atomic E-state index is 0.0767. The van der Waals surface area contributed by atoms with Gasteiger partial charge in [0.05, 0.1) is 18.9 Å². The standard InChI is InChI=1S/C7H5ClN2.C7H6ClNO2/c8-7-6(3-4-9)2-1-5-10-7;8-7-5(4-6(10)11)2-1-3-9-7/h1-2,5H,3H2;1-3H,4H2,(H,10,11). The lowest BCUT2D eigenvalue weighted by atomic mass is 10.2. The van der Waals surface area contributed by atoms with Crippen molar-refractivity contribution >= 4 is 29.2 Å². The largest absolute Gasteiger partial charge is 0.481 e. The lowest BCUT2D eigenvalue weighted by Gasteiger charge is -1.96. The highest BCUT2D eigenvalue weighted by molar-refractivity contribution is 6.30. The second-order valence-electron chi connectivity index (χ2n) is 3.81. The van der Waals surface area contributed by atoms with Crippen molar-refractivity contribution in [1.82, 2.24) is 9.97 Å². The van der Waals surface area contributed by atoms with Gasteiger partial charge in [-0.3, -0.25) is 4.79 Å². The van der Waals surface area contributed by atoms with Crippen molar-refractivity contribution in [2.75, 3.05) is 0 Å². The van der Waals surface area contributed by atoms with E-state index < -0.39 is 5.97 Å². The summed E-state index contributed by atoms with van der Waals surface area (Å²) in [4.78, 5) is 17.8. The third-order valence-electron chi connectivity index (χ3n) is 2.28. The fourth-order valence-electron chi connectivity index (χ4n) is 1.35. The zero-order chi connectivity index (χ0) is 15.7. The van der Waals surface area contributed by atoms with E-state index in [2.05, 4.69) is 9.97 Å². The van der Waals surface area contributed by atoms with E-state index in [1.807, 2.05) is 6.07 Å². The van der Waals surface area contributed by atoms with Gasteiger partial charge in [0, 0.05) is 23.5 Å². The Morgan fingerprint density at radius 1 is 1.14 bits per heavy atom. The van der Waals surface area contributed by atoms with Crippen LogP contribution in [0.15, 0.2) is 36.7 Å². The smallest absolute Gasteiger partial charge is 0.307 e. The molecule has 0 aliphatic rings. The molecule has 5 nitrogen and oxygen atoms in total. The molecule has 0 saturated carbocycles. The minimum Gasteiger partial charge on any atom is -0.481 e. The van der Waals surface area contributed by atoms with E-state index in [0.29, 0.717) is 17.1 Å². The predicted octanol–water partition coefficient (Wildman–Crippen LogP) is 3.16. The fraction of sp³-hybridized carbons (Fsp3) is 0.143. The fourth-order valence-corrected chi connectivity index (χ4v) is 1.72. The molecule has 0 amide bonds. The van der Waals surface area contributed by atoms with Gasteiger partial charge in [0.2, 0.25) is 0 Å². The molecule has 0 atom stereocenters. The molecule has 0 unspecified atom stereocenters. The molecule has 0 bridgehead atoms. The van der Waals surface area contributed by atoms with Gasteiger partial charge in [-0.25, -0.2) is 9.97 Å². The lowest BCUT2D eigenvalue weighted by Crippen LogP contribution is -2.00. The highest BCUT2D eigenvalue weighted by atomic mass is 35.5. The number of carboxylic acids is 1. The van der Waals surface area contributed by atoms with Gasteiger partial charge in [0.15, 0.2) is 0 Å². The third-order valence-corrected chi connectivity index (χ3v) is 2.96. The summed E-state index contributed by atoms with van der Waals surface area (Å²) in [6.45, 7) is 0. The number of nitrogens with zero attached hydrogens (tertiary/aromatic N) is 3. The average Bonchev–Trinajstić information content (AvgIpc) is 2.45. The first-order valence-corrected chi connectivity index (χ1v) is 6.57. The van der Waals surface area contributed by atoms with Gasteiger partial charge in [-0.05, 0) is 12.1 Å². The Morgan fingerprint density at radius 2 is 1.67 bits per heavy atom. The second kappa shape index (κ2) is 8.90. The summed E-state index contributed by atoms with van der Waals surface area (Å²) in [5.74, 6) is -0.903. The molecule has 7 heteroatoms. The van der Waals surface area contributed by atoms with Gasteiger partial charge in [-0.15, -0.1) is 0 Å². The third kappa shape index (κ3) is 6.21. The molecule has 0 saturated heterocycles. The molecule has 0 radical (unpaired) electrons. The number of pyridine rings is 2. The summed E-state index contributed by atoms with van der Waals surface area (Å²) in [5, 5.41) is 17.4. The van der Waals surface area contributed by atoms with Crippen LogP contribution in [0.3, 0.4) is 0 Å². The van der Waals surface area contributed by atoms with Crippen LogP contribution < -0.4 is 0 Å². The maximum absolute atomic E-state index is 10.2. The monoisotopic (exact) mass is 323 g/mol. The summed E-state index contributed by atoms with van der Waals surface area (Å²) in [6, 6.07) is 8.85. The molecule has 21 heavy (non-hydrogen) atoms. The molecule has 1 N–H and O–H groups in total. The summed E-state index contributed by atoms with van der Waals surface area (Å²) in [6.07, 6.45) is 3.37. The van der Waals surface area contributed by atoms with Crippen molar-refractivity contribution < 1.29 is 9.90 Å². The molecule has 0 aliphatic carbocycles. The van der Waals surface area contributed by atoms with Gasteiger partial charge in [-0.1, -0.05) is 35.3 Å². The van der Waals surface area contributed by atoms with Crippen LogP contribution in [-0.2, 0) is 17.6 Å². The first kappa shape index (κ1) is 16.9. The quantitative estimate of drug-likeness (QED) is 0.876. The summed E-state index contributed by atoms with van der Waals surface area (Å²) in [5.41, 5.74) is 1.33. The van der Waals surface area contributed by atoms with Crippen LogP contribution in [0, 0.1) is 11.3 Å². The summed E-state index contributed by atoms with van der Waals surface area (Å²) < 4.78 is 0. The number of hydrogen-bond donors (Lipinski definition) is 1. The number of aromatic nitrogens is 2. The number of hydrogen-bond acceptors (Lipinski definition) is 4. The van der Waals surface area contributed by atoms with Crippen LogP contribution in [0.25, 0.3) is 0 Å². The summed E-state index contributed by atoms with van der Waals surface area (Å²) >= 11 is 11.2. The molecule has 0 aliphatic heterocycles. The molecule has 0 spiro atoms. The van der Waals surface area contributed by atoms with Crippen molar-refractivity contribution in [3.63, 3.8) is 0 Å². The maximum atomic E-state index is 10.2. The number of halogens is 2. The van der Waals surface area contributed by atoms with Crippen LogP contribution in [0.5, 0.6) is 0 Å². The number of rotatable bonds is 3. The van der Waals surface area contributed by atoms with Crippen LogP contribution in [0.2, 0.25) is 10.3 Å². The zero-order valence-electron chi connectivity index (χ0n) is 10.8. The zero-order valence-corrected chi connectivity index (χ0v) is 12.3. The average molecular weight is 324 g/mol. The van der Waals surface area contributed by atoms with E-state index in [4.69, 9.17) is 33.6 Å². The van der Waals surface area contributed by atoms with Crippen LogP contribution >= 0.6 is 23.2 Å². The van der Waals surface area contributed by atoms with E-state index in [0.717, 1.165) is 5.56 Å². The Bertz CT molecular complexity index is 657. The highest BCUT2D eigenvalue weighted by Crippen LogP contribution is 2.11. The Morgan fingerprint density at radius 3 is 2.10 bits per heavy atom. The van der Waals surface area contributed by atoms with Crippen molar-refractivity contribution in [3.8, 4) is 6.07 Å². The molecule has 0 aromatic carbocycles. The van der Waals surface area contributed by atoms with Gasteiger partial charge >= 0.3 is 5.97 Å². The van der Waals surface area contributed by atoms with Gasteiger partial charge in [0.25, 0.3) is 0 Å². The molecular formula is C14H11Cl2N3O2. The molecule has 2 heterocycles. The number of carboxylic acid groups (broad SMARTS) is 1. The molecule has 2 rings (SSSR count).